The zero-order valence-electron chi connectivity index (χ0n) is 22.5. The lowest BCUT2D eigenvalue weighted by Crippen LogP contribution is -2.66. The molecule has 4 nitrogen and oxygen atoms in total. The standard InChI is InChI=1S/C30H46O4/c1-25(2)21-8-11-30(7)23(28(21,5)10-9-22(25)32)20(31)16-18-19-17-27(4,24(33)34)13-12-26(19,3)14-15-29(18,30)6/h16,19,21-23,32H,8-15,17H2,1-7H3,(H,33,34)/t19-,21-,22-,23-,26+,27-,28+,29-,30-/m1/s1. The minimum atomic E-state index is -0.711. The van der Waals surface area contributed by atoms with Crippen LogP contribution in [-0.4, -0.2) is 28.1 Å². The van der Waals surface area contributed by atoms with Crippen molar-refractivity contribution >= 4 is 11.8 Å². The Labute approximate surface area is 206 Å². The summed E-state index contributed by atoms with van der Waals surface area (Å²) in [6.07, 6.45) is 9.95. The lowest BCUT2D eigenvalue weighted by atomic mass is 9.33. The normalized spacial score (nSPS) is 54.1. The summed E-state index contributed by atoms with van der Waals surface area (Å²) in [4.78, 5) is 26.4. The van der Waals surface area contributed by atoms with Crippen molar-refractivity contribution in [2.24, 2.45) is 50.2 Å². The predicted octanol–water partition coefficient (Wildman–Crippen LogP) is 6.41. The molecule has 0 bridgehead atoms. The number of carbonyl (C=O) groups excluding carboxylic acids is 1. The van der Waals surface area contributed by atoms with Gasteiger partial charge in [-0.1, -0.05) is 47.1 Å². The second-order valence-corrected chi connectivity index (χ2v) is 14.9. The monoisotopic (exact) mass is 470 g/mol. The molecular weight excluding hydrogens is 424 g/mol. The summed E-state index contributed by atoms with van der Waals surface area (Å²) in [5, 5.41) is 20.9. The molecule has 0 aromatic rings. The third-order valence-corrected chi connectivity index (χ3v) is 13.1. The van der Waals surface area contributed by atoms with E-state index < -0.39 is 11.4 Å². The quantitative estimate of drug-likeness (QED) is 0.464. The molecule has 2 N–H and O–H groups in total. The summed E-state index contributed by atoms with van der Waals surface area (Å²) >= 11 is 0. The third-order valence-electron chi connectivity index (χ3n) is 13.1. The maximum atomic E-state index is 14.2. The maximum Gasteiger partial charge on any atom is 0.309 e. The van der Waals surface area contributed by atoms with E-state index in [4.69, 9.17) is 0 Å². The fraction of sp³-hybridized carbons (Fsp3) is 0.867. The highest BCUT2D eigenvalue weighted by molar-refractivity contribution is 5.95. The van der Waals surface area contributed by atoms with Gasteiger partial charge in [-0.25, -0.2) is 0 Å². The molecule has 5 aliphatic carbocycles. The molecule has 0 amide bonds. The molecule has 34 heavy (non-hydrogen) atoms. The molecule has 0 heterocycles. The minimum Gasteiger partial charge on any atom is -0.481 e. The summed E-state index contributed by atoms with van der Waals surface area (Å²) in [6.45, 7) is 15.8. The van der Waals surface area contributed by atoms with Gasteiger partial charge in [-0.2, -0.15) is 0 Å². The molecule has 5 aliphatic rings. The first-order chi connectivity index (χ1) is 15.6. The number of hydrogen-bond acceptors (Lipinski definition) is 3. The Morgan fingerprint density at radius 2 is 1.56 bits per heavy atom. The molecule has 0 aromatic carbocycles. The molecule has 9 atom stereocenters. The molecule has 4 heteroatoms. The fourth-order valence-corrected chi connectivity index (χ4v) is 10.4. The van der Waals surface area contributed by atoms with Crippen molar-refractivity contribution in [1.29, 1.82) is 0 Å². The average molecular weight is 471 g/mol. The third kappa shape index (κ3) is 2.81. The van der Waals surface area contributed by atoms with E-state index in [1.54, 1.807) is 0 Å². The maximum absolute atomic E-state index is 14.2. The van der Waals surface area contributed by atoms with Crippen LogP contribution in [-0.2, 0) is 9.59 Å². The smallest absolute Gasteiger partial charge is 0.309 e. The van der Waals surface area contributed by atoms with E-state index in [1.807, 2.05) is 13.0 Å². The number of allylic oxidation sites excluding steroid dienone is 2. The van der Waals surface area contributed by atoms with Crippen LogP contribution in [0, 0.1) is 50.2 Å². The SMILES string of the molecule is CC1(C)[C@H](O)CC[C@@]2(C)[C@@H]1CC[C@]1(C)[C@@H]2C(=O)C=C2[C@H]3C[C@](C)(C(=O)O)CC[C@@]3(C)CC[C@]21C. The van der Waals surface area contributed by atoms with E-state index in [9.17, 15) is 19.8 Å². The average Bonchev–Trinajstić information content (AvgIpc) is 2.73. The van der Waals surface area contributed by atoms with Crippen molar-refractivity contribution in [3.05, 3.63) is 11.6 Å². The summed E-state index contributed by atoms with van der Waals surface area (Å²) in [5.74, 6) is 0.0603. The van der Waals surface area contributed by atoms with Crippen LogP contribution in [0.25, 0.3) is 0 Å². The number of aliphatic carboxylic acids is 1. The Morgan fingerprint density at radius 3 is 2.21 bits per heavy atom. The molecule has 4 fully saturated rings. The topological polar surface area (TPSA) is 74.6 Å². The first-order valence-electron chi connectivity index (χ1n) is 13.7. The number of carboxylic acids is 1. The Balaban J connectivity index is 1.62. The lowest BCUT2D eigenvalue weighted by Gasteiger charge is -2.70. The van der Waals surface area contributed by atoms with E-state index >= 15 is 0 Å². The highest BCUT2D eigenvalue weighted by Crippen LogP contribution is 2.75. The van der Waals surface area contributed by atoms with Crippen molar-refractivity contribution in [2.75, 3.05) is 0 Å². The van der Waals surface area contributed by atoms with E-state index in [2.05, 4.69) is 41.5 Å². The van der Waals surface area contributed by atoms with Crippen LogP contribution in [0.5, 0.6) is 0 Å². The molecule has 4 saturated carbocycles. The zero-order valence-corrected chi connectivity index (χ0v) is 22.5. The number of aliphatic hydroxyl groups is 1. The van der Waals surface area contributed by atoms with Gasteiger partial charge in [0.25, 0.3) is 0 Å². The van der Waals surface area contributed by atoms with Gasteiger partial charge in [-0.05, 0) is 110 Å². The van der Waals surface area contributed by atoms with Crippen LogP contribution in [0.1, 0.15) is 106 Å². The van der Waals surface area contributed by atoms with Crippen molar-refractivity contribution in [1.82, 2.24) is 0 Å². The van der Waals surface area contributed by atoms with Crippen LogP contribution >= 0.6 is 0 Å². The van der Waals surface area contributed by atoms with Crippen LogP contribution in [0.3, 0.4) is 0 Å². The molecule has 0 aliphatic heterocycles. The van der Waals surface area contributed by atoms with Crippen molar-refractivity contribution in [3.8, 4) is 0 Å². The van der Waals surface area contributed by atoms with Gasteiger partial charge >= 0.3 is 5.97 Å². The molecule has 190 valence electrons. The first-order valence-corrected chi connectivity index (χ1v) is 13.7. The van der Waals surface area contributed by atoms with E-state index in [-0.39, 0.29) is 50.8 Å². The fourth-order valence-electron chi connectivity index (χ4n) is 10.4. The van der Waals surface area contributed by atoms with E-state index in [1.165, 1.54) is 5.57 Å². The summed E-state index contributed by atoms with van der Waals surface area (Å²) in [7, 11) is 0. The number of carboxylic acid groups (broad SMARTS) is 1. The van der Waals surface area contributed by atoms with E-state index in [0.717, 1.165) is 51.4 Å². The Bertz CT molecular complexity index is 965. The Hall–Kier alpha value is -1.16. The largest absolute Gasteiger partial charge is 0.481 e. The number of aliphatic hydroxyl groups excluding tert-OH is 1. The second-order valence-electron chi connectivity index (χ2n) is 14.9. The number of ketones is 1. The van der Waals surface area contributed by atoms with Gasteiger partial charge in [0.1, 0.15) is 0 Å². The molecule has 0 unspecified atom stereocenters. The summed E-state index contributed by atoms with van der Waals surface area (Å²) in [6, 6.07) is 0. The molecule has 0 radical (unpaired) electrons. The summed E-state index contributed by atoms with van der Waals surface area (Å²) in [5.41, 5.74) is 0.142. The van der Waals surface area contributed by atoms with Gasteiger partial charge in [0.05, 0.1) is 11.5 Å². The predicted molar refractivity (Wildman–Crippen MR) is 133 cm³/mol. The van der Waals surface area contributed by atoms with Gasteiger partial charge in [0.15, 0.2) is 5.78 Å². The number of rotatable bonds is 1. The van der Waals surface area contributed by atoms with Gasteiger partial charge in [0, 0.05) is 5.92 Å². The van der Waals surface area contributed by atoms with Gasteiger partial charge in [-0.15, -0.1) is 0 Å². The molecule has 0 aromatic heterocycles. The van der Waals surface area contributed by atoms with Gasteiger partial charge < -0.3 is 10.2 Å². The summed E-state index contributed by atoms with van der Waals surface area (Å²) < 4.78 is 0. The van der Waals surface area contributed by atoms with Crippen LogP contribution in [0.15, 0.2) is 11.6 Å². The van der Waals surface area contributed by atoms with Crippen LogP contribution in [0.4, 0.5) is 0 Å². The number of carbonyl (C=O) groups is 2. The van der Waals surface area contributed by atoms with Crippen LogP contribution < -0.4 is 0 Å². The molecule has 0 saturated heterocycles. The van der Waals surface area contributed by atoms with Crippen molar-refractivity contribution < 1.29 is 19.8 Å². The van der Waals surface area contributed by atoms with Crippen molar-refractivity contribution in [3.63, 3.8) is 0 Å². The second kappa shape index (κ2) is 6.99. The molecule has 5 rings (SSSR count). The van der Waals surface area contributed by atoms with E-state index in [0.29, 0.717) is 12.3 Å². The number of hydrogen-bond donors (Lipinski definition) is 2. The molecule has 0 spiro atoms. The number of fused-ring (bicyclic) bond motifs is 7. The van der Waals surface area contributed by atoms with Gasteiger partial charge in [-0.3, -0.25) is 9.59 Å². The lowest BCUT2D eigenvalue weighted by molar-refractivity contribution is -0.202. The Morgan fingerprint density at radius 1 is 0.912 bits per heavy atom. The van der Waals surface area contributed by atoms with Gasteiger partial charge in [0.2, 0.25) is 0 Å². The molecular formula is C30H46O4. The first kappa shape index (κ1) is 24.5. The minimum absolute atomic E-state index is 0.0296. The van der Waals surface area contributed by atoms with Crippen LogP contribution in [0.2, 0.25) is 0 Å². The highest BCUT2D eigenvalue weighted by Gasteiger charge is 2.70. The highest BCUT2D eigenvalue weighted by atomic mass is 16.4. The Kier molecular flexibility index (Phi) is 5.04. The van der Waals surface area contributed by atoms with Crippen molar-refractivity contribution in [2.45, 2.75) is 112 Å². The zero-order chi connectivity index (χ0) is 25.1.